The van der Waals surface area contributed by atoms with E-state index in [2.05, 4.69) is 38.0 Å². The summed E-state index contributed by atoms with van der Waals surface area (Å²) in [5.74, 6) is -1.23. The van der Waals surface area contributed by atoms with Gasteiger partial charge in [-0.15, -0.1) is 5.10 Å². The number of aromatic nitrogens is 3. The number of aliphatic hydroxyl groups is 2. The van der Waals surface area contributed by atoms with E-state index in [9.17, 15) is 19.8 Å². The molecule has 2 N–H and O–H groups in total. The Labute approximate surface area is 325 Å². The summed E-state index contributed by atoms with van der Waals surface area (Å²) >= 11 is 0. The molecule has 15 nitrogen and oxygen atoms in total. The van der Waals surface area contributed by atoms with Gasteiger partial charge in [0.05, 0.1) is 18.5 Å². The highest BCUT2D eigenvalue weighted by molar-refractivity contribution is 5.66. The van der Waals surface area contributed by atoms with Crippen LogP contribution < -0.4 is 0 Å². The molecule has 0 amide bonds. The SMILES string of the molecule is CCCCOC[C@H]1O[C@H](c2cn(-c3ccc([C@H]4O[C@H](COC(C)=O)[C@@H](OC(C)=O)[C@H](O)[C@@H]4O)cc3)nn2)[C@@H](OCCCC)[C@@H](OCCCC)[C@@H]1OCCCC. The number of unbranched alkanes of at least 4 members (excludes halogenated alkanes) is 4. The van der Waals surface area contributed by atoms with E-state index >= 15 is 0 Å². The first-order chi connectivity index (χ1) is 26.6. The number of rotatable bonds is 23. The molecule has 310 valence electrons. The maximum Gasteiger partial charge on any atom is 0.303 e. The van der Waals surface area contributed by atoms with E-state index < -0.39 is 73.0 Å². The summed E-state index contributed by atoms with van der Waals surface area (Å²) < 4.78 is 50.7. The molecule has 3 heterocycles. The van der Waals surface area contributed by atoms with Crippen LogP contribution in [-0.4, -0.2) is 126 Å². The fourth-order valence-electron chi connectivity index (χ4n) is 6.63. The Morgan fingerprint density at radius 1 is 0.691 bits per heavy atom. The molecule has 1 aromatic heterocycles. The smallest absolute Gasteiger partial charge is 0.303 e. The Hall–Kier alpha value is -3.02. The normalized spacial score (nSPS) is 28.2. The Balaban J connectivity index is 1.60. The van der Waals surface area contributed by atoms with Crippen molar-refractivity contribution in [3.05, 3.63) is 41.7 Å². The predicted molar refractivity (Wildman–Crippen MR) is 200 cm³/mol. The van der Waals surface area contributed by atoms with Gasteiger partial charge in [0.25, 0.3) is 0 Å². The third kappa shape index (κ3) is 12.7. The van der Waals surface area contributed by atoms with Gasteiger partial charge < -0.3 is 48.1 Å². The molecule has 1 aromatic carbocycles. The highest BCUT2D eigenvalue weighted by Gasteiger charge is 2.50. The number of benzene rings is 1. The summed E-state index contributed by atoms with van der Waals surface area (Å²) in [4.78, 5) is 23.3. The van der Waals surface area contributed by atoms with Crippen LogP contribution in [-0.2, 0) is 47.5 Å². The largest absolute Gasteiger partial charge is 0.463 e. The Morgan fingerprint density at radius 2 is 1.25 bits per heavy atom. The summed E-state index contributed by atoms with van der Waals surface area (Å²) in [6.45, 7) is 13.3. The summed E-state index contributed by atoms with van der Waals surface area (Å²) in [6.07, 6.45) is 0.864. The monoisotopic (exact) mass is 777 g/mol. The van der Waals surface area contributed by atoms with Crippen molar-refractivity contribution in [2.24, 2.45) is 0 Å². The van der Waals surface area contributed by atoms with Crippen LogP contribution in [0.1, 0.15) is 116 Å². The second-order valence-corrected chi connectivity index (χ2v) is 14.2. The second-order valence-electron chi connectivity index (χ2n) is 14.2. The van der Waals surface area contributed by atoms with Crippen LogP contribution in [0.5, 0.6) is 0 Å². The van der Waals surface area contributed by atoms with Gasteiger partial charge in [0.1, 0.15) is 67.2 Å². The number of ether oxygens (including phenoxy) is 8. The minimum absolute atomic E-state index is 0.276. The lowest BCUT2D eigenvalue weighted by Crippen LogP contribution is -2.58. The highest BCUT2D eigenvalue weighted by Crippen LogP contribution is 2.38. The number of carbonyl (C=O) groups excluding carboxylic acids is 2. The topological polar surface area (TPSA) is 179 Å². The van der Waals surface area contributed by atoms with Crippen LogP contribution in [0.3, 0.4) is 0 Å². The van der Waals surface area contributed by atoms with E-state index in [4.69, 9.17) is 37.9 Å². The molecule has 4 rings (SSSR count). The highest BCUT2D eigenvalue weighted by atomic mass is 16.6. The molecule has 15 heteroatoms. The van der Waals surface area contributed by atoms with Crippen LogP contribution >= 0.6 is 0 Å². The van der Waals surface area contributed by atoms with Crippen LogP contribution in [0, 0.1) is 0 Å². The van der Waals surface area contributed by atoms with Crippen LogP contribution in [0.15, 0.2) is 30.5 Å². The van der Waals surface area contributed by atoms with Gasteiger partial charge in [0.2, 0.25) is 0 Å². The lowest BCUT2D eigenvalue weighted by molar-refractivity contribution is -0.269. The maximum absolute atomic E-state index is 11.7. The zero-order chi connectivity index (χ0) is 39.7. The van der Waals surface area contributed by atoms with Gasteiger partial charge in [-0.05, 0) is 43.4 Å². The third-order valence-corrected chi connectivity index (χ3v) is 9.71. The minimum Gasteiger partial charge on any atom is -0.463 e. The van der Waals surface area contributed by atoms with Crippen LogP contribution in [0.25, 0.3) is 5.69 Å². The van der Waals surface area contributed by atoms with Crippen molar-refractivity contribution in [2.75, 3.05) is 39.6 Å². The van der Waals surface area contributed by atoms with E-state index in [0.29, 0.717) is 50.0 Å². The van der Waals surface area contributed by atoms with E-state index in [1.54, 1.807) is 35.1 Å². The van der Waals surface area contributed by atoms with E-state index in [1.165, 1.54) is 13.8 Å². The average Bonchev–Trinajstić information content (AvgIpc) is 3.66. The lowest BCUT2D eigenvalue weighted by atomic mass is 9.91. The van der Waals surface area contributed by atoms with E-state index in [-0.39, 0.29) is 6.61 Å². The first-order valence-electron chi connectivity index (χ1n) is 20.1. The van der Waals surface area contributed by atoms with Gasteiger partial charge in [-0.2, -0.15) is 0 Å². The van der Waals surface area contributed by atoms with Crippen LogP contribution in [0.4, 0.5) is 0 Å². The van der Waals surface area contributed by atoms with Crippen molar-refractivity contribution in [2.45, 2.75) is 154 Å². The van der Waals surface area contributed by atoms with Gasteiger partial charge in [-0.1, -0.05) is 70.7 Å². The molecule has 55 heavy (non-hydrogen) atoms. The first-order valence-corrected chi connectivity index (χ1v) is 20.1. The molecule has 10 atom stereocenters. The summed E-state index contributed by atoms with van der Waals surface area (Å²) in [7, 11) is 0. The van der Waals surface area contributed by atoms with Gasteiger partial charge >= 0.3 is 11.9 Å². The Bertz CT molecular complexity index is 1410. The number of aliphatic hydroxyl groups excluding tert-OH is 2. The minimum atomic E-state index is -1.49. The molecule has 0 spiro atoms. The van der Waals surface area contributed by atoms with E-state index in [0.717, 1.165) is 51.4 Å². The molecular formula is C40H63N3O12. The van der Waals surface area contributed by atoms with Crippen molar-refractivity contribution in [1.29, 1.82) is 0 Å². The van der Waals surface area contributed by atoms with Gasteiger partial charge in [0.15, 0.2) is 6.10 Å². The lowest BCUT2D eigenvalue weighted by Gasteiger charge is -2.45. The molecule has 0 radical (unpaired) electrons. The molecule has 0 bridgehead atoms. The van der Waals surface area contributed by atoms with Crippen LogP contribution in [0.2, 0.25) is 0 Å². The molecule has 0 aliphatic carbocycles. The Kier molecular flexibility index (Phi) is 18.9. The molecule has 2 aliphatic heterocycles. The standard InChI is InChI=1S/C40H63N3O12/c1-7-11-19-48-24-31-38(49-20-12-8-2)40(51-22-14-10-4)39(50-21-13-9-3)36(55-31)30-23-43(42-41-30)29-17-15-28(16-18-29)35-33(46)34(47)37(53-27(6)45)32(54-35)25-52-26(5)44/h15-18,23,31-40,46-47H,7-14,19-22,24-25H2,1-6H3/t31-,32-,33+,34-,35-,36-,37-,38-,39-,40+/m1/s1. The summed E-state index contributed by atoms with van der Waals surface area (Å²) in [5, 5.41) is 31.0. The molecule has 2 saturated heterocycles. The number of carbonyl (C=O) groups is 2. The molecule has 2 aromatic rings. The van der Waals surface area contributed by atoms with Crippen molar-refractivity contribution >= 4 is 11.9 Å². The zero-order valence-corrected chi connectivity index (χ0v) is 33.4. The summed E-state index contributed by atoms with van der Waals surface area (Å²) in [5.41, 5.74) is 1.77. The molecular weight excluding hydrogens is 714 g/mol. The number of esters is 2. The third-order valence-electron chi connectivity index (χ3n) is 9.71. The molecule has 0 saturated carbocycles. The second kappa shape index (κ2) is 23.3. The molecule has 0 unspecified atom stereocenters. The van der Waals surface area contributed by atoms with Gasteiger partial charge in [-0.3, -0.25) is 9.59 Å². The average molecular weight is 778 g/mol. The molecule has 2 fully saturated rings. The van der Waals surface area contributed by atoms with Crippen molar-refractivity contribution in [3.8, 4) is 5.69 Å². The predicted octanol–water partition coefficient (Wildman–Crippen LogP) is 4.74. The number of hydrogen-bond acceptors (Lipinski definition) is 14. The number of hydrogen-bond donors (Lipinski definition) is 2. The quantitative estimate of drug-likeness (QED) is 0.117. The fourth-order valence-corrected chi connectivity index (χ4v) is 6.63. The molecule has 2 aliphatic rings. The van der Waals surface area contributed by atoms with Crippen molar-refractivity contribution in [1.82, 2.24) is 15.0 Å². The Morgan fingerprint density at radius 3 is 1.85 bits per heavy atom. The van der Waals surface area contributed by atoms with Gasteiger partial charge in [-0.25, -0.2) is 4.68 Å². The van der Waals surface area contributed by atoms with Crippen molar-refractivity contribution < 1.29 is 57.7 Å². The summed E-state index contributed by atoms with van der Waals surface area (Å²) in [6, 6.07) is 7.04. The van der Waals surface area contributed by atoms with Crippen molar-refractivity contribution in [3.63, 3.8) is 0 Å². The fraction of sp³-hybridized carbons (Fsp3) is 0.750. The number of nitrogens with zero attached hydrogens (tertiary/aromatic N) is 3. The van der Waals surface area contributed by atoms with E-state index in [1.807, 2.05) is 0 Å². The first kappa shape index (κ1) is 44.7. The zero-order valence-electron chi connectivity index (χ0n) is 33.4. The van der Waals surface area contributed by atoms with Gasteiger partial charge in [0, 0.05) is 40.3 Å². The maximum atomic E-state index is 11.7.